The third-order valence-corrected chi connectivity index (χ3v) is 2.31. The third-order valence-electron chi connectivity index (χ3n) is 2.31. The maximum atomic E-state index is 11.9. The number of carbonyl (C=O) groups excluding carboxylic acids is 1. The predicted molar refractivity (Wildman–Crippen MR) is 74.3 cm³/mol. The van der Waals surface area contributed by atoms with Gasteiger partial charge in [0.2, 0.25) is 0 Å². The third kappa shape index (κ3) is 6.29. The highest BCUT2D eigenvalue weighted by atomic mass is 35.5. The summed E-state index contributed by atoms with van der Waals surface area (Å²) >= 11 is 0. The van der Waals surface area contributed by atoms with E-state index in [0.717, 1.165) is 6.54 Å². The quantitative estimate of drug-likeness (QED) is 0.803. The van der Waals surface area contributed by atoms with Crippen LogP contribution >= 0.6 is 24.8 Å². The zero-order valence-electron chi connectivity index (χ0n) is 10.9. The number of piperazine rings is 1. The number of nitrogens with one attached hydrogen (secondary N) is 1. The second-order valence-electron chi connectivity index (χ2n) is 4.89. The molecule has 0 aliphatic carbocycles. The Bertz CT molecular complexity index is 300. The molecule has 1 fully saturated rings. The smallest absolute Gasteiger partial charge is 0.410 e. The number of carbonyl (C=O) groups is 1. The van der Waals surface area contributed by atoms with Crippen molar-refractivity contribution in [3.8, 4) is 6.07 Å². The van der Waals surface area contributed by atoms with E-state index in [2.05, 4.69) is 11.4 Å². The molecule has 0 aromatic rings. The van der Waals surface area contributed by atoms with Crippen molar-refractivity contribution in [1.82, 2.24) is 10.2 Å². The second-order valence-corrected chi connectivity index (χ2v) is 4.89. The molecule has 1 aliphatic rings. The lowest BCUT2D eigenvalue weighted by Gasteiger charge is -2.36. The highest BCUT2D eigenvalue weighted by Crippen LogP contribution is 2.14. The molecule has 0 radical (unpaired) electrons. The Hall–Kier alpha value is -0.700. The van der Waals surface area contributed by atoms with Crippen LogP contribution in [-0.2, 0) is 4.74 Å². The molecular weight excluding hydrogens is 277 g/mol. The van der Waals surface area contributed by atoms with E-state index in [1.54, 1.807) is 4.90 Å². The lowest BCUT2D eigenvalue weighted by molar-refractivity contribution is 0.0126. The molecular formula is C11H21Cl2N3O2. The minimum atomic E-state index is -0.487. The van der Waals surface area contributed by atoms with Crippen LogP contribution in [-0.4, -0.2) is 42.3 Å². The summed E-state index contributed by atoms with van der Waals surface area (Å²) in [7, 11) is 0. The van der Waals surface area contributed by atoms with E-state index < -0.39 is 5.60 Å². The van der Waals surface area contributed by atoms with Gasteiger partial charge in [0.1, 0.15) is 5.60 Å². The summed E-state index contributed by atoms with van der Waals surface area (Å²) in [6.07, 6.45) is 0.0148. The average Bonchev–Trinajstić information content (AvgIpc) is 2.16. The van der Waals surface area contributed by atoms with Crippen molar-refractivity contribution in [3.05, 3.63) is 0 Å². The molecule has 0 saturated carbocycles. The van der Waals surface area contributed by atoms with Crippen LogP contribution in [0, 0.1) is 11.3 Å². The van der Waals surface area contributed by atoms with E-state index in [1.807, 2.05) is 20.8 Å². The second kappa shape index (κ2) is 8.41. The Labute approximate surface area is 121 Å². The van der Waals surface area contributed by atoms with E-state index in [4.69, 9.17) is 10.00 Å². The van der Waals surface area contributed by atoms with Crippen LogP contribution in [0.2, 0.25) is 0 Å². The van der Waals surface area contributed by atoms with E-state index in [-0.39, 0.29) is 36.9 Å². The summed E-state index contributed by atoms with van der Waals surface area (Å²) in [5.41, 5.74) is -0.487. The minimum Gasteiger partial charge on any atom is -0.444 e. The van der Waals surface area contributed by atoms with Gasteiger partial charge in [-0.1, -0.05) is 0 Å². The lowest BCUT2D eigenvalue weighted by Crippen LogP contribution is -2.54. The fourth-order valence-corrected chi connectivity index (χ4v) is 1.61. The van der Waals surface area contributed by atoms with Gasteiger partial charge < -0.3 is 15.0 Å². The first kappa shape index (κ1) is 19.6. The molecule has 1 saturated heterocycles. The fraction of sp³-hybridized carbons (Fsp3) is 0.818. The number of halogens is 2. The van der Waals surface area contributed by atoms with Crippen LogP contribution in [0.4, 0.5) is 4.79 Å². The van der Waals surface area contributed by atoms with Crippen molar-refractivity contribution in [1.29, 1.82) is 5.26 Å². The Morgan fingerprint density at radius 3 is 2.61 bits per heavy atom. The Morgan fingerprint density at radius 2 is 2.11 bits per heavy atom. The van der Waals surface area contributed by atoms with Gasteiger partial charge >= 0.3 is 6.09 Å². The molecule has 1 N–H and O–H groups in total. The maximum absolute atomic E-state index is 11.9. The number of nitrogens with zero attached hydrogens (tertiary/aromatic N) is 2. The average molecular weight is 298 g/mol. The number of amides is 1. The Balaban J connectivity index is 0. The van der Waals surface area contributed by atoms with Gasteiger partial charge in [-0.05, 0) is 20.8 Å². The minimum absolute atomic E-state index is 0. The van der Waals surface area contributed by atoms with E-state index >= 15 is 0 Å². The molecule has 0 spiro atoms. The largest absolute Gasteiger partial charge is 0.444 e. The van der Waals surface area contributed by atoms with Crippen molar-refractivity contribution in [3.63, 3.8) is 0 Å². The zero-order valence-corrected chi connectivity index (χ0v) is 12.6. The van der Waals surface area contributed by atoms with Gasteiger partial charge in [-0.15, -0.1) is 24.8 Å². The van der Waals surface area contributed by atoms with Crippen LogP contribution < -0.4 is 5.32 Å². The SMILES string of the molecule is CC(C)(C)OC(=O)N1CCNC[C@@H]1CC#N.Cl.Cl. The van der Waals surface area contributed by atoms with Gasteiger partial charge in [-0.2, -0.15) is 5.26 Å². The van der Waals surface area contributed by atoms with Crippen LogP contribution in [0.3, 0.4) is 0 Å². The highest BCUT2D eigenvalue weighted by molar-refractivity contribution is 5.85. The number of rotatable bonds is 1. The molecule has 1 amide bonds. The van der Waals surface area contributed by atoms with Gasteiger partial charge in [0.05, 0.1) is 18.5 Å². The van der Waals surface area contributed by atoms with Crippen LogP contribution in [0.25, 0.3) is 0 Å². The molecule has 1 atom stereocenters. The van der Waals surface area contributed by atoms with Crippen LogP contribution in [0.5, 0.6) is 0 Å². The van der Waals surface area contributed by atoms with Crippen molar-refractivity contribution < 1.29 is 9.53 Å². The summed E-state index contributed by atoms with van der Waals surface area (Å²) < 4.78 is 5.30. The molecule has 18 heavy (non-hydrogen) atoms. The number of hydrogen-bond acceptors (Lipinski definition) is 4. The number of ether oxygens (including phenoxy) is 1. The van der Waals surface area contributed by atoms with Gasteiger partial charge in [0.25, 0.3) is 0 Å². The molecule has 0 aromatic carbocycles. The molecule has 1 heterocycles. The Kier molecular flexibility index (Phi) is 9.17. The fourth-order valence-electron chi connectivity index (χ4n) is 1.61. The molecule has 106 valence electrons. The molecule has 7 heteroatoms. The molecule has 0 unspecified atom stereocenters. The summed E-state index contributed by atoms with van der Waals surface area (Å²) in [5.74, 6) is 0. The van der Waals surface area contributed by atoms with Crippen molar-refractivity contribution in [2.75, 3.05) is 19.6 Å². The van der Waals surface area contributed by atoms with Crippen molar-refractivity contribution in [2.24, 2.45) is 0 Å². The van der Waals surface area contributed by atoms with E-state index in [9.17, 15) is 4.79 Å². The summed E-state index contributed by atoms with van der Waals surface area (Å²) in [4.78, 5) is 13.5. The first-order valence-electron chi connectivity index (χ1n) is 5.51. The highest BCUT2D eigenvalue weighted by Gasteiger charge is 2.29. The lowest BCUT2D eigenvalue weighted by atomic mass is 10.1. The molecule has 0 bridgehead atoms. The van der Waals surface area contributed by atoms with E-state index in [0.29, 0.717) is 19.5 Å². The number of nitriles is 1. The van der Waals surface area contributed by atoms with Gasteiger partial charge in [0.15, 0.2) is 0 Å². The summed E-state index contributed by atoms with van der Waals surface area (Å²) in [6.45, 7) is 7.53. The van der Waals surface area contributed by atoms with Gasteiger partial charge in [-0.25, -0.2) is 4.79 Å². The van der Waals surface area contributed by atoms with Gasteiger partial charge in [0, 0.05) is 19.6 Å². The summed E-state index contributed by atoms with van der Waals surface area (Å²) in [5, 5.41) is 11.9. The first-order chi connectivity index (χ1) is 7.44. The van der Waals surface area contributed by atoms with Crippen LogP contribution in [0.15, 0.2) is 0 Å². The van der Waals surface area contributed by atoms with E-state index in [1.165, 1.54) is 0 Å². The predicted octanol–water partition coefficient (Wildman–Crippen LogP) is 1.95. The molecule has 1 rings (SSSR count). The van der Waals surface area contributed by atoms with Gasteiger partial charge in [-0.3, -0.25) is 0 Å². The van der Waals surface area contributed by atoms with Crippen LogP contribution in [0.1, 0.15) is 27.2 Å². The molecule has 1 aliphatic heterocycles. The molecule has 0 aromatic heterocycles. The molecule has 5 nitrogen and oxygen atoms in total. The Morgan fingerprint density at radius 1 is 1.50 bits per heavy atom. The standard InChI is InChI=1S/C11H19N3O2.2ClH/c1-11(2,3)16-10(15)14-7-6-13-8-9(14)4-5-12;;/h9,13H,4,6-8H2,1-3H3;2*1H/t9-;;/m0../s1. The monoisotopic (exact) mass is 297 g/mol. The topological polar surface area (TPSA) is 65.4 Å². The maximum Gasteiger partial charge on any atom is 0.410 e. The zero-order chi connectivity index (χ0) is 12.2. The van der Waals surface area contributed by atoms with Crippen molar-refractivity contribution >= 4 is 30.9 Å². The number of hydrogen-bond donors (Lipinski definition) is 1. The summed E-state index contributed by atoms with van der Waals surface area (Å²) in [6, 6.07) is 2.02. The first-order valence-corrected chi connectivity index (χ1v) is 5.51. The normalized spacial score (nSPS) is 19.0. The van der Waals surface area contributed by atoms with Crippen molar-refractivity contribution in [2.45, 2.75) is 38.8 Å².